The van der Waals surface area contributed by atoms with Gasteiger partial charge in [-0.15, -0.1) is 0 Å². The molecule has 0 nitrogen and oxygen atoms in total. The Labute approximate surface area is 619 Å². The van der Waals surface area contributed by atoms with E-state index in [1.807, 2.05) is 0 Å². The molecule has 102 heavy (non-hydrogen) atoms. The number of rotatable bonds is 36. The second-order valence-electron chi connectivity index (χ2n) is 35.5. The van der Waals surface area contributed by atoms with E-state index in [0.29, 0.717) is 35.5 Å². The van der Waals surface area contributed by atoms with Crippen molar-refractivity contribution in [2.24, 2.45) is 35.5 Å². The fourth-order valence-corrected chi connectivity index (χ4v) is 18.0. The zero-order valence-electron chi connectivity index (χ0n) is 65.5. The Morgan fingerprint density at radius 1 is 0.186 bits per heavy atom. The molecule has 0 N–H and O–H groups in total. The molecule has 0 aromatic heterocycles. The van der Waals surface area contributed by atoms with Gasteiger partial charge in [0, 0.05) is 0 Å². The maximum absolute atomic E-state index is 2.61. The standard InChI is InChI=1S/C102H126/c1-67(2)13-19-79-55-85-37-25-73(49-91(85)61-79)31-43-97-98(44-32-74-26-38-86-56-80(20-14-68(3)4)62-92(86)50-74)100(46-34-76-28-40-88-58-82(22-16-70(7)8)64-94(88)52-76)102(48-36-78-30-42-90-60-84(24-18-72(11)12)66-96(90)54-78)101(47-35-77-29-41-89-59-83(23-17-71(9)10)65-95(89)53-77)99(97)45-33-75-27-39-87-57-81(21-15-69(5)6)63-93(87)51-75/h25-30,37-42,49-54,61-72H,13-24,31-36,43-48,55-60H2,1-12H3. The molecule has 0 radical (unpaired) electrons. The Hall–Kier alpha value is -7.02. The molecule has 0 saturated heterocycles. The van der Waals surface area contributed by atoms with Crippen molar-refractivity contribution in [3.05, 3.63) is 276 Å². The van der Waals surface area contributed by atoms with E-state index in [1.54, 1.807) is 66.8 Å². The van der Waals surface area contributed by atoms with Crippen LogP contribution in [-0.4, -0.2) is 0 Å². The fraction of sp³-hybridized carbons (Fsp3) is 0.471. The van der Waals surface area contributed by atoms with E-state index in [0.717, 1.165) is 116 Å². The van der Waals surface area contributed by atoms with Gasteiger partial charge in [0.2, 0.25) is 0 Å². The van der Waals surface area contributed by atoms with Crippen LogP contribution >= 0.6 is 0 Å². The van der Waals surface area contributed by atoms with Gasteiger partial charge in [-0.25, -0.2) is 0 Å². The Balaban J connectivity index is 0.974. The predicted octanol–water partition coefficient (Wildman–Crippen LogP) is 26.7. The molecule has 0 fully saturated rings. The minimum Gasteiger partial charge on any atom is -0.0652 e. The summed E-state index contributed by atoms with van der Waals surface area (Å²) in [5, 5.41) is 0. The summed E-state index contributed by atoms with van der Waals surface area (Å²) in [6.45, 7) is 28.6. The monoisotopic (exact) mass is 1350 g/mol. The molecule has 0 spiro atoms. The third-order valence-electron chi connectivity index (χ3n) is 24.3. The minimum atomic E-state index is 0.717. The second kappa shape index (κ2) is 33.8. The van der Waals surface area contributed by atoms with Crippen LogP contribution in [0.1, 0.15) is 294 Å². The summed E-state index contributed by atoms with van der Waals surface area (Å²) in [5.41, 5.74) is 46.7. The van der Waals surface area contributed by atoms with E-state index in [4.69, 9.17) is 0 Å². The molecule has 0 heteroatoms. The van der Waals surface area contributed by atoms with Gasteiger partial charge in [-0.3, -0.25) is 0 Å². The maximum atomic E-state index is 2.61. The lowest BCUT2D eigenvalue weighted by atomic mass is 9.76. The molecule has 0 unspecified atom stereocenters. The van der Waals surface area contributed by atoms with Crippen molar-refractivity contribution >= 4 is 36.5 Å². The molecule has 7 aromatic rings. The predicted molar refractivity (Wildman–Crippen MR) is 444 cm³/mol. The summed E-state index contributed by atoms with van der Waals surface area (Å²) in [4.78, 5) is 0. The molecule has 0 atom stereocenters. The lowest BCUT2D eigenvalue weighted by molar-refractivity contribution is 0.583. The highest BCUT2D eigenvalue weighted by molar-refractivity contribution is 5.70. The third kappa shape index (κ3) is 19.1. The van der Waals surface area contributed by atoms with Gasteiger partial charge in [0.05, 0.1) is 0 Å². The largest absolute Gasteiger partial charge is 0.0652 e. The van der Waals surface area contributed by atoms with Crippen LogP contribution in [0.2, 0.25) is 0 Å². The smallest absolute Gasteiger partial charge is 0.00578 e. The molecule has 0 heterocycles. The highest BCUT2D eigenvalue weighted by atomic mass is 14.3. The maximum Gasteiger partial charge on any atom is -0.00578 e. The van der Waals surface area contributed by atoms with Crippen molar-refractivity contribution < 1.29 is 0 Å². The molecule has 6 aliphatic carbocycles. The van der Waals surface area contributed by atoms with Crippen LogP contribution in [0.3, 0.4) is 0 Å². The summed E-state index contributed by atoms with van der Waals surface area (Å²) in [6, 6.07) is 45.9. The fourth-order valence-electron chi connectivity index (χ4n) is 18.0. The molecule has 534 valence electrons. The molecule has 0 saturated carbocycles. The first kappa shape index (κ1) is 73.3. The highest BCUT2D eigenvalue weighted by Crippen LogP contribution is 2.41. The van der Waals surface area contributed by atoms with Crippen molar-refractivity contribution in [1.29, 1.82) is 0 Å². The third-order valence-corrected chi connectivity index (χ3v) is 24.3. The summed E-state index contributed by atoms with van der Waals surface area (Å²) in [5.74, 6) is 4.30. The summed E-state index contributed by atoms with van der Waals surface area (Å²) in [7, 11) is 0. The lowest BCUT2D eigenvalue weighted by Crippen LogP contribution is -2.18. The number of hydrogen-bond acceptors (Lipinski definition) is 0. The van der Waals surface area contributed by atoms with Crippen LogP contribution in [0, 0.1) is 35.5 Å². The number of aryl methyl sites for hydroxylation is 6. The van der Waals surface area contributed by atoms with Gasteiger partial charge in [0.25, 0.3) is 0 Å². The average molecular weight is 1350 g/mol. The molecular formula is C102H126. The van der Waals surface area contributed by atoms with Crippen molar-refractivity contribution in [3.63, 3.8) is 0 Å². The van der Waals surface area contributed by atoms with Gasteiger partial charge < -0.3 is 0 Å². The average Bonchev–Trinajstić information content (AvgIpc) is 1.02. The van der Waals surface area contributed by atoms with Crippen LogP contribution in [0.4, 0.5) is 0 Å². The zero-order valence-corrected chi connectivity index (χ0v) is 65.5. The summed E-state index contributed by atoms with van der Waals surface area (Å²) in [6.07, 6.45) is 49.5. The van der Waals surface area contributed by atoms with Crippen molar-refractivity contribution in [1.82, 2.24) is 0 Å². The van der Waals surface area contributed by atoms with E-state index in [9.17, 15) is 0 Å². The van der Waals surface area contributed by atoms with E-state index >= 15 is 0 Å². The van der Waals surface area contributed by atoms with E-state index in [1.165, 1.54) is 177 Å². The van der Waals surface area contributed by atoms with Gasteiger partial charge in [-0.2, -0.15) is 0 Å². The van der Waals surface area contributed by atoms with Gasteiger partial charge in [-0.1, -0.05) is 262 Å². The number of allylic oxidation sites excluding steroid dienone is 6. The SMILES string of the molecule is CC(C)CCC1=Cc2cc(CCc3c(CCc4ccc5c(c4)C=C(CCC(C)C)C5)c(CCc4ccc5c(c4)C=C(CCC(C)C)C5)c(CCc4ccc5c(c4)C=C(CCC(C)C)C5)c(CCc4ccc5c(c4)C=C(CCC(C)C)C5)c3CCc3ccc4c(c3)C=C(CCC(C)C)C4)ccc2C1. The minimum absolute atomic E-state index is 0.717. The number of fused-ring (bicyclic) bond motifs is 6. The molecule has 13 rings (SSSR count). The lowest BCUT2D eigenvalue weighted by Gasteiger charge is -2.29. The molecular weight excluding hydrogens is 1230 g/mol. The van der Waals surface area contributed by atoms with E-state index in [2.05, 4.69) is 229 Å². The first-order valence-corrected chi connectivity index (χ1v) is 41.4. The van der Waals surface area contributed by atoms with Crippen LogP contribution in [-0.2, 0) is 116 Å². The molecule has 0 amide bonds. The van der Waals surface area contributed by atoms with Gasteiger partial charge in [-0.05, 0) is 362 Å². The van der Waals surface area contributed by atoms with Crippen LogP contribution < -0.4 is 0 Å². The van der Waals surface area contributed by atoms with Crippen molar-refractivity contribution in [3.8, 4) is 0 Å². The van der Waals surface area contributed by atoms with E-state index in [-0.39, 0.29) is 0 Å². The van der Waals surface area contributed by atoms with Crippen molar-refractivity contribution in [2.75, 3.05) is 0 Å². The van der Waals surface area contributed by atoms with E-state index < -0.39 is 0 Å². The summed E-state index contributed by atoms with van der Waals surface area (Å²) >= 11 is 0. The zero-order chi connectivity index (χ0) is 71.0. The highest BCUT2D eigenvalue weighted by Gasteiger charge is 2.28. The van der Waals surface area contributed by atoms with Gasteiger partial charge in [0.1, 0.15) is 0 Å². The Morgan fingerprint density at radius 3 is 0.471 bits per heavy atom. The van der Waals surface area contributed by atoms with Crippen LogP contribution in [0.15, 0.2) is 143 Å². The molecule has 7 aromatic carbocycles. The topological polar surface area (TPSA) is 0 Å². The quantitative estimate of drug-likeness (QED) is 0.0367. The molecule has 0 bridgehead atoms. The second-order valence-corrected chi connectivity index (χ2v) is 35.5. The van der Waals surface area contributed by atoms with Crippen LogP contribution in [0.5, 0.6) is 0 Å². The van der Waals surface area contributed by atoms with Gasteiger partial charge in [0.15, 0.2) is 0 Å². The normalized spacial score (nSPS) is 14.9. The van der Waals surface area contributed by atoms with Crippen molar-refractivity contribution in [2.45, 2.75) is 276 Å². The van der Waals surface area contributed by atoms with Crippen LogP contribution in [0.25, 0.3) is 36.5 Å². The summed E-state index contributed by atoms with van der Waals surface area (Å²) < 4.78 is 0. The first-order chi connectivity index (χ1) is 49.3. The Bertz CT molecular complexity index is 3600. The number of benzene rings is 7. The number of hydrogen-bond donors (Lipinski definition) is 0. The molecule has 0 aliphatic heterocycles. The Morgan fingerprint density at radius 2 is 0.333 bits per heavy atom. The molecule has 6 aliphatic rings. The Kier molecular flexibility index (Phi) is 24.3. The first-order valence-electron chi connectivity index (χ1n) is 41.4. The van der Waals surface area contributed by atoms with Gasteiger partial charge >= 0.3 is 0 Å².